The number of alkyl halides is 3. The first-order valence-electron chi connectivity index (χ1n) is 14.1. The number of benzene rings is 3. The summed E-state index contributed by atoms with van der Waals surface area (Å²) in [4.78, 5) is 15.8. The highest BCUT2D eigenvalue weighted by Crippen LogP contribution is 2.42. The molecule has 0 fully saturated rings. The Balaban J connectivity index is 1.76. The second-order valence-corrected chi connectivity index (χ2v) is 9.61. The third-order valence-corrected chi connectivity index (χ3v) is 6.99. The van der Waals surface area contributed by atoms with Gasteiger partial charge in [-0.05, 0) is 80.8 Å². The first kappa shape index (κ1) is 31.7. The summed E-state index contributed by atoms with van der Waals surface area (Å²) < 4.78 is 74.4. The zero-order chi connectivity index (χ0) is 31.1. The molecule has 8 nitrogen and oxygen atoms in total. The molecular weight excluding hydrogens is 567 g/mol. The Bertz CT molecular complexity index is 1400. The largest absolute Gasteiger partial charge is 0.493 e. The van der Waals surface area contributed by atoms with Crippen molar-refractivity contribution in [2.75, 3.05) is 47.2 Å². The highest BCUT2D eigenvalue weighted by molar-refractivity contribution is 5.96. The molecule has 3 aromatic rings. The van der Waals surface area contributed by atoms with Gasteiger partial charge in [-0.3, -0.25) is 4.79 Å². The van der Waals surface area contributed by atoms with Crippen molar-refractivity contribution in [1.29, 1.82) is 0 Å². The fourth-order valence-corrected chi connectivity index (χ4v) is 5.07. The molecule has 0 spiro atoms. The summed E-state index contributed by atoms with van der Waals surface area (Å²) in [5, 5.41) is 0. The number of fused-ring (bicyclic) bond motifs is 1. The molecule has 0 saturated heterocycles. The minimum absolute atomic E-state index is 0.0353. The predicted molar refractivity (Wildman–Crippen MR) is 154 cm³/mol. The molecule has 1 atom stereocenters. The molecule has 0 N–H and O–H groups in total. The highest BCUT2D eigenvalue weighted by atomic mass is 19.4. The molecule has 1 heterocycles. The van der Waals surface area contributed by atoms with E-state index in [2.05, 4.69) is 0 Å². The van der Waals surface area contributed by atoms with Gasteiger partial charge in [0.25, 0.3) is 5.91 Å². The van der Waals surface area contributed by atoms with Crippen molar-refractivity contribution in [3.63, 3.8) is 0 Å². The normalized spacial score (nSPS) is 14.5. The van der Waals surface area contributed by atoms with E-state index in [0.29, 0.717) is 67.1 Å². The van der Waals surface area contributed by atoms with Gasteiger partial charge in [-0.1, -0.05) is 6.07 Å². The van der Waals surface area contributed by atoms with Crippen LogP contribution in [-0.4, -0.2) is 58.0 Å². The Kier molecular flexibility index (Phi) is 10.2. The Morgan fingerprint density at radius 1 is 0.837 bits per heavy atom. The third kappa shape index (κ3) is 7.03. The average Bonchev–Trinajstić information content (AvgIpc) is 3.00. The standard InChI is InChI=1S/C32H36F3NO7/c1-6-40-28-15-21(16-29(41-7-2)30(28)42-8-3)31(37)36-13-12-20-14-26(38-4)27(39-5)18-24(20)25(36)19-43-23-11-9-10-22(17-23)32(33,34)35/h9-11,14-18,25H,6-8,12-13,19H2,1-5H3. The number of nitrogens with zero attached hydrogens (tertiary/aromatic N) is 1. The topological polar surface area (TPSA) is 75.7 Å². The zero-order valence-electron chi connectivity index (χ0n) is 24.9. The van der Waals surface area contributed by atoms with E-state index in [1.54, 1.807) is 23.1 Å². The first-order chi connectivity index (χ1) is 20.6. The second-order valence-electron chi connectivity index (χ2n) is 9.61. The van der Waals surface area contributed by atoms with Gasteiger partial charge in [0.15, 0.2) is 23.0 Å². The summed E-state index contributed by atoms with van der Waals surface area (Å²) in [6.07, 6.45) is -4.01. The fraction of sp³-hybridized carbons (Fsp3) is 0.406. The van der Waals surface area contributed by atoms with E-state index < -0.39 is 17.8 Å². The van der Waals surface area contributed by atoms with Crippen LogP contribution in [0.2, 0.25) is 0 Å². The van der Waals surface area contributed by atoms with Gasteiger partial charge < -0.3 is 33.3 Å². The summed E-state index contributed by atoms with van der Waals surface area (Å²) in [6, 6.07) is 10.9. The second kappa shape index (κ2) is 13.8. The predicted octanol–water partition coefficient (Wildman–Crippen LogP) is 6.74. The molecule has 43 heavy (non-hydrogen) atoms. The number of ether oxygens (including phenoxy) is 6. The van der Waals surface area contributed by atoms with Gasteiger partial charge in [-0.15, -0.1) is 0 Å². The van der Waals surface area contributed by atoms with Crippen LogP contribution in [0.5, 0.6) is 34.5 Å². The minimum Gasteiger partial charge on any atom is -0.493 e. The van der Waals surface area contributed by atoms with Crippen molar-refractivity contribution in [2.45, 2.75) is 39.4 Å². The van der Waals surface area contributed by atoms with Gasteiger partial charge in [-0.25, -0.2) is 0 Å². The van der Waals surface area contributed by atoms with Crippen LogP contribution in [0.25, 0.3) is 0 Å². The molecule has 1 amide bonds. The highest BCUT2D eigenvalue weighted by Gasteiger charge is 2.35. The van der Waals surface area contributed by atoms with E-state index in [-0.39, 0.29) is 18.3 Å². The van der Waals surface area contributed by atoms with E-state index in [1.165, 1.54) is 26.4 Å². The fourth-order valence-electron chi connectivity index (χ4n) is 5.07. The van der Waals surface area contributed by atoms with Crippen LogP contribution in [0.15, 0.2) is 48.5 Å². The maximum absolute atomic E-state index is 14.2. The van der Waals surface area contributed by atoms with Gasteiger partial charge in [0.05, 0.1) is 45.6 Å². The van der Waals surface area contributed by atoms with Gasteiger partial charge in [0.1, 0.15) is 12.4 Å². The maximum Gasteiger partial charge on any atom is 0.416 e. The summed E-state index contributed by atoms with van der Waals surface area (Å²) in [5.41, 5.74) is 1.14. The van der Waals surface area contributed by atoms with E-state index in [1.807, 2.05) is 26.8 Å². The third-order valence-electron chi connectivity index (χ3n) is 6.99. The van der Waals surface area contributed by atoms with Gasteiger partial charge >= 0.3 is 6.18 Å². The zero-order valence-corrected chi connectivity index (χ0v) is 24.9. The molecule has 0 aromatic heterocycles. The Morgan fingerprint density at radius 3 is 2.05 bits per heavy atom. The summed E-state index contributed by atoms with van der Waals surface area (Å²) >= 11 is 0. The molecule has 0 radical (unpaired) electrons. The van der Waals surface area contributed by atoms with E-state index in [0.717, 1.165) is 23.3 Å². The quantitative estimate of drug-likeness (QED) is 0.227. The smallest absolute Gasteiger partial charge is 0.416 e. The van der Waals surface area contributed by atoms with Gasteiger partial charge in [0, 0.05) is 12.1 Å². The number of amides is 1. The van der Waals surface area contributed by atoms with Crippen LogP contribution >= 0.6 is 0 Å². The van der Waals surface area contributed by atoms with Crippen molar-refractivity contribution >= 4 is 5.91 Å². The molecule has 0 aliphatic carbocycles. The molecular formula is C32H36F3NO7. The molecule has 4 rings (SSSR count). The van der Waals surface area contributed by atoms with Crippen molar-refractivity contribution < 1.29 is 46.4 Å². The number of carbonyl (C=O) groups excluding carboxylic acids is 1. The lowest BCUT2D eigenvalue weighted by molar-refractivity contribution is -0.137. The van der Waals surface area contributed by atoms with Crippen LogP contribution in [0, 0.1) is 0 Å². The lowest BCUT2D eigenvalue weighted by atomic mass is 9.91. The molecule has 11 heteroatoms. The molecule has 3 aromatic carbocycles. The van der Waals surface area contributed by atoms with Crippen molar-refractivity contribution in [3.05, 3.63) is 70.8 Å². The first-order valence-corrected chi connectivity index (χ1v) is 14.1. The lowest BCUT2D eigenvalue weighted by Crippen LogP contribution is -2.42. The number of methoxy groups -OCH3 is 2. The van der Waals surface area contributed by atoms with Crippen molar-refractivity contribution in [2.24, 2.45) is 0 Å². The van der Waals surface area contributed by atoms with E-state index in [4.69, 9.17) is 28.4 Å². The van der Waals surface area contributed by atoms with Gasteiger partial charge in [-0.2, -0.15) is 13.2 Å². The number of halogens is 3. The molecule has 1 aliphatic heterocycles. The lowest BCUT2D eigenvalue weighted by Gasteiger charge is -2.38. The maximum atomic E-state index is 14.2. The van der Waals surface area contributed by atoms with Crippen LogP contribution in [0.4, 0.5) is 13.2 Å². The summed E-state index contributed by atoms with van der Waals surface area (Å²) in [6.45, 7) is 6.77. The van der Waals surface area contributed by atoms with Crippen LogP contribution in [0.1, 0.15) is 53.9 Å². The molecule has 1 aliphatic rings. The number of hydrogen-bond acceptors (Lipinski definition) is 7. The monoisotopic (exact) mass is 603 g/mol. The van der Waals surface area contributed by atoms with Crippen LogP contribution in [-0.2, 0) is 12.6 Å². The summed E-state index contributed by atoms with van der Waals surface area (Å²) in [7, 11) is 3.05. The van der Waals surface area contributed by atoms with Gasteiger partial charge in [0.2, 0.25) is 5.75 Å². The average molecular weight is 604 g/mol. The molecule has 1 unspecified atom stereocenters. The van der Waals surface area contributed by atoms with Crippen molar-refractivity contribution in [1.82, 2.24) is 4.90 Å². The van der Waals surface area contributed by atoms with E-state index >= 15 is 0 Å². The molecule has 0 saturated carbocycles. The summed E-state index contributed by atoms with van der Waals surface area (Å²) in [5.74, 6) is 1.85. The van der Waals surface area contributed by atoms with E-state index in [9.17, 15) is 18.0 Å². The molecule has 0 bridgehead atoms. The Labute approximate surface area is 249 Å². The number of carbonyl (C=O) groups is 1. The Morgan fingerprint density at radius 2 is 1.47 bits per heavy atom. The van der Waals surface area contributed by atoms with Crippen LogP contribution < -0.4 is 28.4 Å². The minimum atomic E-state index is -4.52. The molecule has 232 valence electrons. The number of rotatable bonds is 12. The number of hydrogen-bond donors (Lipinski definition) is 0. The SMILES string of the molecule is CCOc1cc(C(=O)N2CCc3cc(OC)c(OC)cc3C2COc2cccc(C(F)(F)F)c2)cc(OCC)c1OCC. The van der Waals surface area contributed by atoms with Crippen molar-refractivity contribution in [3.8, 4) is 34.5 Å². The van der Waals surface area contributed by atoms with Crippen LogP contribution in [0.3, 0.4) is 0 Å². The Hall–Kier alpha value is -4.28.